The van der Waals surface area contributed by atoms with Crippen molar-refractivity contribution in [3.63, 3.8) is 0 Å². The number of anilines is 1. The summed E-state index contributed by atoms with van der Waals surface area (Å²) >= 11 is 3.19. The summed E-state index contributed by atoms with van der Waals surface area (Å²) in [5, 5.41) is 11.6. The molecule has 0 saturated carbocycles. The number of benzene rings is 1. The van der Waals surface area contributed by atoms with Crippen LogP contribution in [0.4, 0.5) is 5.69 Å². The second-order valence-corrected chi connectivity index (χ2v) is 4.95. The Balaban J connectivity index is 2.27. The van der Waals surface area contributed by atoms with Crippen LogP contribution in [0.5, 0.6) is 0 Å². The number of carbonyl (C=O) groups excluding carboxylic acids is 1. The Kier molecular flexibility index (Phi) is 4.14. The first-order chi connectivity index (χ1) is 9.47. The molecule has 1 heterocycles. The highest BCUT2D eigenvalue weighted by molar-refractivity contribution is 9.10. The van der Waals surface area contributed by atoms with E-state index in [1.807, 2.05) is 0 Å². The van der Waals surface area contributed by atoms with Gasteiger partial charge in [0.25, 0.3) is 5.91 Å². The normalized spacial score (nSPS) is 10.1. The van der Waals surface area contributed by atoms with Crippen LogP contribution < -0.4 is 5.32 Å². The van der Waals surface area contributed by atoms with Crippen molar-refractivity contribution in [3.8, 4) is 0 Å². The van der Waals surface area contributed by atoms with Gasteiger partial charge in [0.05, 0.1) is 5.56 Å². The number of nitrogens with zero attached hydrogens (tertiary/aromatic N) is 1. The molecule has 0 atom stereocenters. The van der Waals surface area contributed by atoms with Gasteiger partial charge in [0.1, 0.15) is 10.3 Å². The van der Waals surface area contributed by atoms with Crippen LogP contribution in [0, 0.1) is 6.92 Å². The van der Waals surface area contributed by atoms with E-state index in [1.54, 1.807) is 31.2 Å². The molecule has 0 unspecified atom stereocenters. The summed E-state index contributed by atoms with van der Waals surface area (Å²) in [5.41, 5.74) is 1.60. The molecule has 2 aromatic rings. The van der Waals surface area contributed by atoms with Crippen molar-refractivity contribution < 1.29 is 14.7 Å². The smallest absolute Gasteiger partial charge is 0.335 e. The molecular formula is C14H11BrN2O3. The van der Waals surface area contributed by atoms with E-state index in [9.17, 15) is 9.59 Å². The Morgan fingerprint density at radius 1 is 1.25 bits per heavy atom. The van der Waals surface area contributed by atoms with Crippen LogP contribution >= 0.6 is 15.9 Å². The van der Waals surface area contributed by atoms with Crippen LogP contribution in [-0.4, -0.2) is 22.0 Å². The molecule has 0 radical (unpaired) electrons. The molecule has 0 spiro atoms. The summed E-state index contributed by atoms with van der Waals surface area (Å²) in [6, 6.07) is 9.56. The number of hydrogen-bond acceptors (Lipinski definition) is 3. The van der Waals surface area contributed by atoms with Gasteiger partial charge in [0.2, 0.25) is 0 Å². The number of pyridine rings is 1. The molecule has 6 heteroatoms. The lowest BCUT2D eigenvalue weighted by molar-refractivity contribution is 0.0696. The Bertz CT molecular complexity index is 686. The highest BCUT2D eigenvalue weighted by atomic mass is 79.9. The van der Waals surface area contributed by atoms with Gasteiger partial charge in [0, 0.05) is 5.69 Å². The predicted molar refractivity (Wildman–Crippen MR) is 78.0 cm³/mol. The summed E-state index contributed by atoms with van der Waals surface area (Å²) in [6.45, 7) is 1.79. The van der Waals surface area contributed by atoms with E-state index in [0.29, 0.717) is 10.3 Å². The van der Waals surface area contributed by atoms with Crippen molar-refractivity contribution in [1.82, 2.24) is 4.98 Å². The van der Waals surface area contributed by atoms with E-state index >= 15 is 0 Å². The fourth-order valence-electron chi connectivity index (χ4n) is 1.61. The Morgan fingerprint density at radius 3 is 2.65 bits per heavy atom. The van der Waals surface area contributed by atoms with E-state index in [4.69, 9.17) is 5.11 Å². The van der Waals surface area contributed by atoms with Crippen molar-refractivity contribution in [2.24, 2.45) is 0 Å². The molecule has 1 aromatic carbocycles. The van der Waals surface area contributed by atoms with Crippen molar-refractivity contribution in [1.29, 1.82) is 0 Å². The Morgan fingerprint density at radius 2 is 2.00 bits per heavy atom. The van der Waals surface area contributed by atoms with E-state index < -0.39 is 11.9 Å². The molecule has 2 N–H and O–H groups in total. The van der Waals surface area contributed by atoms with Gasteiger partial charge in [-0.25, -0.2) is 9.78 Å². The van der Waals surface area contributed by atoms with Crippen LogP contribution in [0.3, 0.4) is 0 Å². The number of rotatable bonds is 3. The van der Waals surface area contributed by atoms with Crippen molar-refractivity contribution in [2.75, 3.05) is 5.32 Å². The van der Waals surface area contributed by atoms with Gasteiger partial charge in [-0.3, -0.25) is 4.79 Å². The first-order valence-corrected chi connectivity index (χ1v) is 6.54. The lowest BCUT2D eigenvalue weighted by Gasteiger charge is -2.09. The van der Waals surface area contributed by atoms with Gasteiger partial charge < -0.3 is 10.4 Å². The molecule has 1 aromatic heterocycles. The number of aromatic carboxylic acids is 1. The topological polar surface area (TPSA) is 79.3 Å². The van der Waals surface area contributed by atoms with Gasteiger partial charge in [0.15, 0.2) is 0 Å². The predicted octanol–water partition coefficient (Wildman–Crippen LogP) is 3.10. The fourth-order valence-corrected chi connectivity index (χ4v) is 1.95. The average Bonchev–Trinajstić information content (AvgIpc) is 2.41. The minimum atomic E-state index is -1.04. The molecule has 1 amide bonds. The number of aromatic nitrogens is 1. The molecule has 0 fully saturated rings. The molecule has 2 rings (SSSR count). The number of amides is 1. The molecular weight excluding hydrogens is 324 g/mol. The Hall–Kier alpha value is -2.21. The van der Waals surface area contributed by atoms with Gasteiger partial charge in [-0.05, 0) is 52.7 Å². The molecule has 0 aliphatic carbocycles. The molecule has 0 bridgehead atoms. The van der Waals surface area contributed by atoms with Gasteiger partial charge in [-0.15, -0.1) is 0 Å². The average molecular weight is 335 g/mol. The molecule has 0 aliphatic rings. The van der Waals surface area contributed by atoms with Crippen LogP contribution in [0.25, 0.3) is 0 Å². The first kappa shape index (κ1) is 14.2. The maximum atomic E-state index is 12.1. The summed E-state index contributed by atoms with van der Waals surface area (Å²) in [7, 11) is 0. The number of aryl methyl sites for hydroxylation is 1. The summed E-state index contributed by atoms with van der Waals surface area (Å²) < 4.78 is 0.557. The number of nitrogens with one attached hydrogen (secondary N) is 1. The van der Waals surface area contributed by atoms with Gasteiger partial charge in [-0.2, -0.15) is 0 Å². The zero-order chi connectivity index (χ0) is 14.7. The summed E-state index contributed by atoms with van der Waals surface area (Å²) in [6.07, 6.45) is 0. The van der Waals surface area contributed by atoms with Crippen LogP contribution in [0.2, 0.25) is 0 Å². The third kappa shape index (κ3) is 3.21. The molecule has 102 valence electrons. The summed E-state index contributed by atoms with van der Waals surface area (Å²) in [4.78, 5) is 27.0. The monoisotopic (exact) mass is 334 g/mol. The van der Waals surface area contributed by atoms with Crippen LogP contribution in [-0.2, 0) is 0 Å². The minimum Gasteiger partial charge on any atom is -0.478 e. The summed E-state index contributed by atoms with van der Waals surface area (Å²) in [5.74, 6) is -1.43. The zero-order valence-corrected chi connectivity index (χ0v) is 12.1. The Labute approximate surface area is 123 Å². The molecule has 0 saturated heterocycles. The highest BCUT2D eigenvalue weighted by Crippen LogP contribution is 2.18. The zero-order valence-electron chi connectivity index (χ0n) is 10.6. The van der Waals surface area contributed by atoms with Crippen LogP contribution in [0.1, 0.15) is 26.4 Å². The first-order valence-electron chi connectivity index (χ1n) is 5.75. The largest absolute Gasteiger partial charge is 0.478 e. The van der Waals surface area contributed by atoms with E-state index in [0.717, 1.165) is 5.56 Å². The lowest BCUT2D eigenvalue weighted by Crippen LogP contribution is -2.15. The van der Waals surface area contributed by atoms with Crippen molar-refractivity contribution >= 4 is 33.5 Å². The SMILES string of the molecule is Cc1ccc(C(=O)O)cc1NC(=O)c1cccc(Br)n1. The number of hydrogen-bond donors (Lipinski definition) is 2. The van der Waals surface area contributed by atoms with E-state index in [-0.39, 0.29) is 11.3 Å². The van der Waals surface area contributed by atoms with Gasteiger partial charge >= 0.3 is 5.97 Å². The third-order valence-electron chi connectivity index (χ3n) is 2.68. The maximum absolute atomic E-state index is 12.1. The molecule has 20 heavy (non-hydrogen) atoms. The minimum absolute atomic E-state index is 0.119. The fraction of sp³-hybridized carbons (Fsp3) is 0.0714. The number of carboxylic acids is 1. The second kappa shape index (κ2) is 5.83. The quantitative estimate of drug-likeness (QED) is 0.845. The number of carbonyl (C=O) groups is 2. The molecule has 0 aliphatic heterocycles. The highest BCUT2D eigenvalue weighted by Gasteiger charge is 2.11. The number of halogens is 1. The molecule has 5 nitrogen and oxygen atoms in total. The van der Waals surface area contributed by atoms with E-state index in [1.165, 1.54) is 12.1 Å². The second-order valence-electron chi connectivity index (χ2n) is 4.13. The maximum Gasteiger partial charge on any atom is 0.335 e. The van der Waals surface area contributed by atoms with Crippen LogP contribution in [0.15, 0.2) is 41.0 Å². The lowest BCUT2D eigenvalue weighted by atomic mass is 10.1. The standard InChI is InChI=1S/C14H11BrN2O3/c1-8-5-6-9(14(19)20)7-11(8)17-13(18)10-3-2-4-12(15)16-10/h2-7H,1H3,(H,17,18)(H,19,20). The number of carboxylic acid groups (broad SMARTS) is 1. The van der Waals surface area contributed by atoms with Crippen molar-refractivity contribution in [2.45, 2.75) is 6.92 Å². The van der Waals surface area contributed by atoms with Gasteiger partial charge in [-0.1, -0.05) is 12.1 Å². The third-order valence-corrected chi connectivity index (χ3v) is 3.12. The van der Waals surface area contributed by atoms with E-state index in [2.05, 4.69) is 26.2 Å². The van der Waals surface area contributed by atoms with Crippen molar-refractivity contribution in [3.05, 3.63) is 57.8 Å².